The van der Waals surface area contributed by atoms with Crippen LogP contribution in [0, 0.1) is 0 Å². The molecule has 0 bridgehead atoms. The van der Waals surface area contributed by atoms with Gasteiger partial charge in [-0.2, -0.15) is 0 Å². The second-order valence-corrected chi connectivity index (χ2v) is 4.93. The van der Waals surface area contributed by atoms with E-state index < -0.39 is 5.97 Å². The minimum Gasteiger partial charge on any atom is -0.492 e. The fraction of sp³-hybridized carbons (Fsp3) is 0.533. The maximum absolute atomic E-state index is 10.8. The fourth-order valence-electron chi connectivity index (χ4n) is 2.42. The molecule has 1 saturated heterocycles. The molecule has 0 radical (unpaired) electrons. The molecule has 0 saturated carbocycles. The lowest BCUT2D eigenvalue weighted by Crippen LogP contribution is -2.33. The van der Waals surface area contributed by atoms with E-state index in [1.165, 1.54) is 19.3 Å². The molecule has 1 heterocycles. The third-order valence-electron chi connectivity index (χ3n) is 3.43. The van der Waals surface area contributed by atoms with Gasteiger partial charge in [0.25, 0.3) is 0 Å². The standard InChI is InChI=1S/C15H21NO3/c17-15(18)12-13-6-2-3-7-14(13)19-11-10-16-8-4-1-5-9-16/h2-3,6-7H,1,4-5,8-12H2,(H,17,18). The smallest absolute Gasteiger partial charge is 0.307 e. The molecular weight excluding hydrogens is 242 g/mol. The number of benzene rings is 1. The van der Waals surface area contributed by atoms with Gasteiger partial charge in [0.2, 0.25) is 0 Å². The van der Waals surface area contributed by atoms with Gasteiger partial charge >= 0.3 is 5.97 Å². The summed E-state index contributed by atoms with van der Waals surface area (Å²) in [7, 11) is 0. The van der Waals surface area contributed by atoms with E-state index in [2.05, 4.69) is 4.90 Å². The number of aliphatic carboxylic acids is 1. The Morgan fingerprint density at radius 3 is 2.68 bits per heavy atom. The third kappa shape index (κ3) is 4.56. The predicted molar refractivity (Wildman–Crippen MR) is 73.6 cm³/mol. The van der Waals surface area contributed by atoms with E-state index in [0.717, 1.165) is 25.2 Å². The number of para-hydroxylation sites is 1. The molecule has 0 amide bonds. The zero-order valence-electron chi connectivity index (χ0n) is 11.2. The largest absolute Gasteiger partial charge is 0.492 e. The van der Waals surface area contributed by atoms with Gasteiger partial charge in [-0.15, -0.1) is 0 Å². The normalized spacial score (nSPS) is 16.2. The number of hydrogen-bond acceptors (Lipinski definition) is 3. The molecule has 0 aromatic heterocycles. The molecule has 0 unspecified atom stereocenters. The lowest BCUT2D eigenvalue weighted by Gasteiger charge is -2.26. The number of ether oxygens (including phenoxy) is 1. The molecule has 19 heavy (non-hydrogen) atoms. The van der Waals surface area contributed by atoms with Gasteiger partial charge in [-0.1, -0.05) is 24.6 Å². The summed E-state index contributed by atoms with van der Waals surface area (Å²) in [6.07, 6.45) is 3.89. The Kier molecular flexibility index (Phi) is 5.21. The molecule has 0 aliphatic carbocycles. The highest BCUT2D eigenvalue weighted by molar-refractivity contribution is 5.71. The summed E-state index contributed by atoms with van der Waals surface area (Å²) in [6.45, 7) is 3.85. The highest BCUT2D eigenvalue weighted by Gasteiger charge is 2.11. The minimum atomic E-state index is -0.827. The second-order valence-electron chi connectivity index (χ2n) is 4.93. The van der Waals surface area contributed by atoms with Crippen molar-refractivity contribution in [3.05, 3.63) is 29.8 Å². The maximum atomic E-state index is 10.8. The highest BCUT2D eigenvalue weighted by Crippen LogP contribution is 2.18. The average Bonchev–Trinajstić information content (AvgIpc) is 2.41. The number of carboxylic acids is 1. The number of likely N-dealkylation sites (tertiary alicyclic amines) is 1. The molecule has 104 valence electrons. The van der Waals surface area contributed by atoms with E-state index in [0.29, 0.717) is 12.4 Å². The average molecular weight is 263 g/mol. The summed E-state index contributed by atoms with van der Waals surface area (Å²) in [4.78, 5) is 13.2. The zero-order chi connectivity index (χ0) is 13.5. The van der Waals surface area contributed by atoms with Crippen molar-refractivity contribution in [2.75, 3.05) is 26.2 Å². The van der Waals surface area contributed by atoms with E-state index in [-0.39, 0.29) is 6.42 Å². The van der Waals surface area contributed by atoms with Gasteiger partial charge in [0.15, 0.2) is 0 Å². The molecule has 1 fully saturated rings. The van der Waals surface area contributed by atoms with Crippen LogP contribution >= 0.6 is 0 Å². The summed E-state index contributed by atoms with van der Waals surface area (Å²) in [6, 6.07) is 7.37. The van der Waals surface area contributed by atoms with Crippen molar-refractivity contribution >= 4 is 5.97 Å². The molecule has 2 rings (SSSR count). The van der Waals surface area contributed by atoms with Crippen LogP contribution in [0.1, 0.15) is 24.8 Å². The first-order valence-electron chi connectivity index (χ1n) is 6.90. The van der Waals surface area contributed by atoms with Gasteiger partial charge in [-0.05, 0) is 32.0 Å². The minimum absolute atomic E-state index is 0.0138. The monoisotopic (exact) mass is 263 g/mol. The van der Waals surface area contributed by atoms with E-state index in [1.807, 2.05) is 24.3 Å². The fourth-order valence-corrected chi connectivity index (χ4v) is 2.42. The topological polar surface area (TPSA) is 49.8 Å². The van der Waals surface area contributed by atoms with Crippen LogP contribution in [0.3, 0.4) is 0 Å². The lowest BCUT2D eigenvalue weighted by molar-refractivity contribution is -0.136. The lowest BCUT2D eigenvalue weighted by atomic mass is 10.1. The third-order valence-corrected chi connectivity index (χ3v) is 3.43. The van der Waals surface area contributed by atoms with Crippen molar-refractivity contribution in [3.63, 3.8) is 0 Å². The van der Waals surface area contributed by atoms with E-state index in [1.54, 1.807) is 0 Å². The van der Waals surface area contributed by atoms with Crippen LogP contribution in [0.5, 0.6) is 5.75 Å². The molecule has 4 heteroatoms. The number of carbonyl (C=O) groups is 1. The molecule has 1 aliphatic rings. The Hall–Kier alpha value is -1.55. The first-order chi connectivity index (χ1) is 9.25. The molecule has 1 aliphatic heterocycles. The summed E-state index contributed by atoms with van der Waals surface area (Å²) in [5.74, 6) is -0.131. The first-order valence-corrected chi connectivity index (χ1v) is 6.90. The van der Waals surface area contributed by atoms with E-state index >= 15 is 0 Å². The molecule has 0 atom stereocenters. The van der Waals surface area contributed by atoms with Gasteiger partial charge < -0.3 is 9.84 Å². The van der Waals surface area contributed by atoms with Crippen LogP contribution in [-0.4, -0.2) is 42.2 Å². The number of hydrogen-bond donors (Lipinski definition) is 1. The van der Waals surface area contributed by atoms with Crippen LogP contribution in [0.2, 0.25) is 0 Å². The number of rotatable bonds is 6. The Bertz CT molecular complexity index is 414. The highest BCUT2D eigenvalue weighted by atomic mass is 16.5. The Morgan fingerprint density at radius 1 is 1.21 bits per heavy atom. The molecule has 1 N–H and O–H groups in total. The molecule has 0 spiro atoms. The van der Waals surface area contributed by atoms with Gasteiger partial charge in [-0.3, -0.25) is 9.69 Å². The second kappa shape index (κ2) is 7.14. The summed E-state index contributed by atoms with van der Waals surface area (Å²) in [5.41, 5.74) is 0.744. The van der Waals surface area contributed by atoms with Crippen molar-refractivity contribution in [2.45, 2.75) is 25.7 Å². The summed E-state index contributed by atoms with van der Waals surface area (Å²) in [5, 5.41) is 8.86. The Labute approximate surface area is 114 Å². The molecule has 4 nitrogen and oxygen atoms in total. The van der Waals surface area contributed by atoms with Crippen LogP contribution < -0.4 is 4.74 Å². The van der Waals surface area contributed by atoms with Gasteiger partial charge in [-0.25, -0.2) is 0 Å². The molecule has 1 aromatic rings. The maximum Gasteiger partial charge on any atom is 0.307 e. The number of nitrogens with zero attached hydrogens (tertiary/aromatic N) is 1. The summed E-state index contributed by atoms with van der Waals surface area (Å²) < 4.78 is 5.74. The van der Waals surface area contributed by atoms with Gasteiger partial charge in [0.1, 0.15) is 12.4 Å². The predicted octanol–water partition coefficient (Wildman–Crippen LogP) is 2.18. The van der Waals surface area contributed by atoms with Crippen molar-refractivity contribution in [1.82, 2.24) is 4.90 Å². The van der Waals surface area contributed by atoms with Gasteiger partial charge in [0.05, 0.1) is 6.42 Å². The van der Waals surface area contributed by atoms with E-state index in [4.69, 9.17) is 9.84 Å². The Balaban J connectivity index is 1.83. The van der Waals surface area contributed by atoms with Crippen molar-refractivity contribution < 1.29 is 14.6 Å². The molecule has 1 aromatic carbocycles. The summed E-state index contributed by atoms with van der Waals surface area (Å²) >= 11 is 0. The van der Waals surface area contributed by atoms with Crippen molar-refractivity contribution in [2.24, 2.45) is 0 Å². The van der Waals surface area contributed by atoms with Crippen LogP contribution in [0.4, 0.5) is 0 Å². The van der Waals surface area contributed by atoms with Crippen molar-refractivity contribution in [3.8, 4) is 5.75 Å². The quantitative estimate of drug-likeness (QED) is 0.854. The number of piperidine rings is 1. The first kappa shape index (κ1) is 13.9. The van der Waals surface area contributed by atoms with Crippen molar-refractivity contribution in [1.29, 1.82) is 0 Å². The molecular formula is C15H21NO3. The van der Waals surface area contributed by atoms with E-state index in [9.17, 15) is 4.79 Å². The van der Waals surface area contributed by atoms with Crippen LogP contribution in [0.25, 0.3) is 0 Å². The van der Waals surface area contributed by atoms with Crippen LogP contribution in [0.15, 0.2) is 24.3 Å². The Morgan fingerprint density at radius 2 is 1.95 bits per heavy atom. The van der Waals surface area contributed by atoms with Gasteiger partial charge in [0, 0.05) is 12.1 Å². The zero-order valence-corrected chi connectivity index (χ0v) is 11.2. The number of carboxylic acid groups (broad SMARTS) is 1. The SMILES string of the molecule is O=C(O)Cc1ccccc1OCCN1CCCCC1. The van der Waals surface area contributed by atoms with Crippen LogP contribution in [-0.2, 0) is 11.2 Å².